The molecule has 1 aliphatic rings. The molecule has 1 aliphatic heterocycles. The van der Waals surface area contributed by atoms with Crippen LogP contribution in [0.15, 0.2) is 29.4 Å². The van der Waals surface area contributed by atoms with E-state index in [9.17, 15) is 8.42 Å². The van der Waals surface area contributed by atoms with Crippen LogP contribution in [0.5, 0.6) is 0 Å². The van der Waals surface area contributed by atoms with Crippen LogP contribution < -0.4 is 0 Å². The number of nitrogens with zero attached hydrogens (tertiary/aromatic N) is 2. The lowest BCUT2D eigenvalue weighted by Crippen LogP contribution is -2.27. The van der Waals surface area contributed by atoms with Crippen LogP contribution in [0.1, 0.15) is 12.8 Å². The first-order valence-electron chi connectivity index (χ1n) is 4.61. The Bertz CT molecular complexity index is 396. The summed E-state index contributed by atoms with van der Waals surface area (Å²) in [6, 6.07) is 3.07. The molecule has 76 valence electrons. The molecule has 4 nitrogen and oxygen atoms in total. The molecule has 1 saturated heterocycles. The van der Waals surface area contributed by atoms with E-state index < -0.39 is 10.0 Å². The largest absolute Gasteiger partial charge is 0.265 e. The first-order valence-corrected chi connectivity index (χ1v) is 6.05. The van der Waals surface area contributed by atoms with Crippen molar-refractivity contribution in [1.29, 1.82) is 0 Å². The van der Waals surface area contributed by atoms with Crippen molar-refractivity contribution in [2.75, 3.05) is 13.1 Å². The van der Waals surface area contributed by atoms with Crippen molar-refractivity contribution in [1.82, 2.24) is 9.29 Å². The molecule has 1 aromatic heterocycles. The van der Waals surface area contributed by atoms with Crippen LogP contribution in [0.4, 0.5) is 0 Å². The van der Waals surface area contributed by atoms with Gasteiger partial charge in [-0.15, -0.1) is 0 Å². The third-order valence-corrected chi connectivity index (χ3v) is 4.27. The van der Waals surface area contributed by atoms with Gasteiger partial charge in [0, 0.05) is 25.5 Å². The molecule has 0 radical (unpaired) electrons. The highest BCUT2D eigenvalue weighted by molar-refractivity contribution is 7.89. The van der Waals surface area contributed by atoms with Gasteiger partial charge in [0.15, 0.2) is 0 Å². The van der Waals surface area contributed by atoms with Gasteiger partial charge < -0.3 is 0 Å². The van der Waals surface area contributed by atoms with Gasteiger partial charge in [-0.3, -0.25) is 4.98 Å². The summed E-state index contributed by atoms with van der Waals surface area (Å²) in [7, 11) is -3.25. The maximum Gasteiger partial charge on any atom is 0.243 e. The fraction of sp³-hybridized carbons (Fsp3) is 0.444. The van der Waals surface area contributed by atoms with Crippen LogP contribution in [-0.4, -0.2) is 30.8 Å². The van der Waals surface area contributed by atoms with E-state index in [0.29, 0.717) is 18.0 Å². The Labute approximate surface area is 83.6 Å². The van der Waals surface area contributed by atoms with Gasteiger partial charge in [0.05, 0.1) is 4.90 Å². The van der Waals surface area contributed by atoms with Crippen LogP contribution in [0.25, 0.3) is 0 Å². The first kappa shape index (κ1) is 9.61. The summed E-state index contributed by atoms with van der Waals surface area (Å²) in [5, 5.41) is 0. The predicted octanol–water partition coefficient (Wildman–Crippen LogP) is 0.866. The molecule has 0 spiro atoms. The minimum absolute atomic E-state index is 0.342. The molecule has 0 aromatic carbocycles. The third kappa shape index (κ3) is 1.65. The van der Waals surface area contributed by atoms with E-state index in [2.05, 4.69) is 4.98 Å². The van der Waals surface area contributed by atoms with Gasteiger partial charge in [-0.25, -0.2) is 8.42 Å². The second-order valence-corrected chi connectivity index (χ2v) is 5.23. The highest BCUT2D eigenvalue weighted by Gasteiger charge is 2.26. The van der Waals surface area contributed by atoms with Gasteiger partial charge in [0.25, 0.3) is 0 Å². The average Bonchev–Trinajstić information content (AvgIpc) is 2.72. The van der Waals surface area contributed by atoms with E-state index >= 15 is 0 Å². The van der Waals surface area contributed by atoms with Crippen molar-refractivity contribution in [3.63, 3.8) is 0 Å². The Balaban J connectivity index is 2.33. The van der Waals surface area contributed by atoms with E-state index in [1.54, 1.807) is 0 Å². The number of sulfonamides is 1. The summed E-state index contributed by atoms with van der Waals surface area (Å²) in [6.07, 6.45) is 4.93. The van der Waals surface area contributed by atoms with Crippen LogP contribution >= 0.6 is 0 Å². The number of pyridine rings is 1. The Morgan fingerprint density at radius 3 is 2.29 bits per heavy atom. The maximum absolute atomic E-state index is 11.9. The minimum Gasteiger partial charge on any atom is -0.265 e. The summed E-state index contributed by atoms with van der Waals surface area (Å²) < 4.78 is 25.4. The zero-order valence-electron chi connectivity index (χ0n) is 7.76. The summed E-state index contributed by atoms with van der Waals surface area (Å²) in [4.78, 5) is 4.14. The Kier molecular flexibility index (Phi) is 2.52. The molecule has 2 rings (SSSR count). The van der Waals surface area contributed by atoms with Gasteiger partial charge in [0.1, 0.15) is 0 Å². The molecular formula is C9H12N2O2S. The van der Waals surface area contributed by atoms with Crippen LogP contribution in [-0.2, 0) is 10.0 Å². The molecule has 0 bridgehead atoms. The van der Waals surface area contributed by atoms with Crippen molar-refractivity contribution in [3.8, 4) is 0 Å². The van der Waals surface area contributed by atoms with Crippen molar-refractivity contribution in [2.24, 2.45) is 0 Å². The molecule has 0 amide bonds. The van der Waals surface area contributed by atoms with E-state index in [1.807, 2.05) is 0 Å². The molecule has 0 N–H and O–H groups in total. The van der Waals surface area contributed by atoms with Crippen LogP contribution in [0.2, 0.25) is 0 Å². The average molecular weight is 212 g/mol. The Morgan fingerprint density at radius 2 is 1.71 bits per heavy atom. The van der Waals surface area contributed by atoms with Gasteiger partial charge in [-0.05, 0) is 25.0 Å². The summed E-state index contributed by atoms with van der Waals surface area (Å²) in [5.41, 5.74) is 0. The lowest BCUT2D eigenvalue weighted by molar-refractivity contribution is 0.477. The number of rotatable bonds is 2. The second-order valence-electron chi connectivity index (χ2n) is 3.29. The maximum atomic E-state index is 11.9. The zero-order valence-corrected chi connectivity index (χ0v) is 8.57. The highest BCUT2D eigenvalue weighted by Crippen LogP contribution is 2.19. The molecule has 1 fully saturated rings. The SMILES string of the molecule is O=S(=O)(c1ccncc1)N1CCCC1. The normalized spacial score (nSPS) is 18.6. The van der Waals surface area contributed by atoms with Crippen molar-refractivity contribution in [2.45, 2.75) is 17.7 Å². The summed E-state index contributed by atoms with van der Waals surface area (Å²) in [5.74, 6) is 0. The lowest BCUT2D eigenvalue weighted by atomic mass is 10.4. The molecular weight excluding hydrogens is 200 g/mol. The smallest absolute Gasteiger partial charge is 0.243 e. The topological polar surface area (TPSA) is 50.3 Å². The molecule has 5 heteroatoms. The van der Waals surface area contributed by atoms with Gasteiger partial charge in [0.2, 0.25) is 10.0 Å². The molecule has 0 aliphatic carbocycles. The van der Waals surface area contributed by atoms with E-state index in [4.69, 9.17) is 0 Å². The molecule has 1 aromatic rings. The minimum atomic E-state index is -3.25. The predicted molar refractivity (Wildman–Crippen MR) is 52.2 cm³/mol. The third-order valence-electron chi connectivity index (χ3n) is 2.35. The van der Waals surface area contributed by atoms with Gasteiger partial charge >= 0.3 is 0 Å². The number of hydrogen-bond donors (Lipinski definition) is 0. The van der Waals surface area contributed by atoms with Crippen molar-refractivity contribution in [3.05, 3.63) is 24.5 Å². The zero-order chi connectivity index (χ0) is 10.0. The highest BCUT2D eigenvalue weighted by atomic mass is 32.2. The standard InChI is InChI=1S/C9H12N2O2S/c12-14(13,11-7-1-2-8-11)9-3-5-10-6-4-9/h3-6H,1-2,7-8H2. The van der Waals surface area contributed by atoms with Gasteiger partial charge in [-0.1, -0.05) is 0 Å². The van der Waals surface area contributed by atoms with Crippen LogP contribution in [0.3, 0.4) is 0 Å². The van der Waals surface area contributed by atoms with Crippen molar-refractivity contribution < 1.29 is 8.42 Å². The quantitative estimate of drug-likeness (QED) is 0.730. The molecule has 0 saturated carbocycles. The second kappa shape index (κ2) is 3.67. The number of hydrogen-bond acceptors (Lipinski definition) is 3. The van der Waals surface area contributed by atoms with Crippen molar-refractivity contribution >= 4 is 10.0 Å². The van der Waals surface area contributed by atoms with E-state index in [-0.39, 0.29) is 0 Å². The van der Waals surface area contributed by atoms with E-state index in [0.717, 1.165) is 12.8 Å². The Morgan fingerprint density at radius 1 is 1.14 bits per heavy atom. The van der Waals surface area contributed by atoms with E-state index in [1.165, 1.54) is 28.8 Å². The van der Waals surface area contributed by atoms with Crippen LogP contribution in [0, 0.1) is 0 Å². The summed E-state index contributed by atoms with van der Waals surface area (Å²) >= 11 is 0. The Hall–Kier alpha value is -0.940. The molecule has 0 unspecified atom stereocenters. The molecule has 14 heavy (non-hydrogen) atoms. The summed E-state index contributed by atoms with van der Waals surface area (Å²) in [6.45, 7) is 1.29. The molecule has 0 atom stereocenters. The fourth-order valence-corrected chi connectivity index (χ4v) is 3.09. The number of aromatic nitrogens is 1. The van der Waals surface area contributed by atoms with Gasteiger partial charge in [-0.2, -0.15) is 4.31 Å². The fourth-order valence-electron chi connectivity index (χ4n) is 1.59. The molecule has 2 heterocycles. The lowest BCUT2D eigenvalue weighted by Gasteiger charge is -2.14. The monoisotopic (exact) mass is 212 g/mol. The first-order chi connectivity index (χ1) is 6.71.